The third kappa shape index (κ3) is 3.94. The Morgan fingerprint density at radius 1 is 1.37 bits per heavy atom. The Labute approximate surface area is 109 Å². The van der Waals surface area contributed by atoms with Gasteiger partial charge < -0.3 is 0 Å². The van der Waals surface area contributed by atoms with Crippen LogP contribution in [0, 0.1) is 5.92 Å². The van der Waals surface area contributed by atoms with Crippen LogP contribution in [-0.4, -0.2) is 10.7 Å². The molecule has 1 heterocycles. The number of nitrogens with one attached hydrogen (secondary N) is 1. The lowest BCUT2D eigenvalue weighted by atomic mass is 9.89. The molecule has 0 saturated heterocycles. The topological polar surface area (TPSA) is 37.3 Å². The average Bonchev–Trinajstić information content (AvgIpc) is 2.36. The van der Waals surface area contributed by atoms with Gasteiger partial charge in [-0.3, -0.25) is 5.43 Å². The maximum atomic E-state index is 12.4. The molecule has 0 spiro atoms. The van der Waals surface area contributed by atoms with Crippen LogP contribution in [0.1, 0.15) is 38.2 Å². The second kappa shape index (κ2) is 5.59. The Bertz CT molecular complexity index is 451. The molecule has 1 fully saturated rings. The largest absolute Gasteiger partial charge is 0.417 e. The number of hydrogen-bond donors (Lipinski definition) is 1. The SMILES string of the molecule is C[C@H]1CCC/C(=N/Nc2ccc(C(F)(F)F)cn2)C1. The van der Waals surface area contributed by atoms with Crippen LogP contribution < -0.4 is 5.43 Å². The molecule has 3 nitrogen and oxygen atoms in total. The summed E-state index contributed by atoms with van der Waals surface area (Å²) in [4.78, 5) is 3.71. The highest BCUT2D eigenvalue weighted by Crippen LogP contribution is 2.29. The first-order chi connectivity index (χ1) is 8.95. The lowest BCUT2D eigenvalue weighted by Gasteiger charge is -2.19. The minimum Gasteiger partial charge on any atom is -0.261 e. The Balaban J connectivity index is 1.98. The molecule has 1 aliphatic carbocycles. The molecule has 1 N–H and O–H groups in total. The summed E-state index contributed by atoms with van der Waals surface area (Å²) in [5, 5.41) is 4.22. The molecule has 1 aromatic heterocycles. The molecule has 1 atom stereocenters. The van der Waals surface area contributed by atoms with Crippen molar-refractivity contribution in [2.45, 2.75) is 38.8 Å². The van der Waals surface area contributed by atoms with Gasteiger partial charge in [0.05, 0.1) is 5.56 Å². The fraction of sp³-hybridized carbons (Fsp3) is 0.538. The van der Waals surface area contributed by atoms with Crippen molar-refractivity contribution in [2.24, 2.45) is 11.0 Å². The van der Waals surface area contributed by atoms with Crippen molar-refractivity contribution in [3.05, 3.63) is 23.9 Å². The number of anilines is 1. The highest BCUT2D eigenvalue weighted by atomic mass is 19.4. The fourth-order valence-corrected chi connectivity index (χ4v) is 2.13. The first-order valence-corrected chi connectivity index (χ1v) is 6.30. The monoisotopic (exact) mass is 271 g/mol. The van der Waals surface area contributed by atoms with Gasteiger partial charge in [0.25, 0.3) is 0 Å². The number of aromatic nitrogens is 1. The van der Waals surface area contributed by atoms with Crippen LogP contribution >= 0.6 is 0 Å². The highest BCUT2D eigenvalue weighted by molar-refractivity contribution is 5.85. The van der Waals surface area contributed by atoms with Gasteiger partial charge in [-0.15, -0.1) is 0 Å². The number of rotatable bonds is 2. The summed E-state index contributed by atoms with van der Waals surface area (Å²) in [5.41, 5.74) is 3.03. The minimum atomic E-state index is -4.35. The molecule has 0 amide bonds. The van der Waals surface area contributed by atoms with E-state index in [4.69, 9.17) is 0 Å². The van der Waals surface area contributed by atoms with Crippen LogP contribution in [0.3, 0.4) is 0 Å². The molecule has 1 saturated carbocycles. The van der Waals surface area contributed by atoms with Gasteiger partial charge in [-0.25, -0.2) is 4.98 Å². The summed E-state index contributed by atoms with van der Waals surface area (Å²) >= 11 is 0. The summed E-state index contributed by atoms with van der Waals surface area (Å²) in [7, 11) is 0. The Morgan fingerprint density at radius 3 is 2.74 bits per heavy atom. The van der Waals surface area contributed by atoms with Crippen LogP contribution in [0.25, 0.3) is 0 Å². The smallest absolute Gasteiger partial charge is 0.261 e. The van der Waals surface area contributed by atoms with E-state index in [-0.39, 0.29) is 0 Å². The zero-order chi connectivity index (χ0) is 13.9. The maximum absolute atomic E-state index is 12.4. The first kappa shape index (κ1) is 13.8. The number of hydrogen-bond acceptors (Lipinski definition) is 3. The maximum Gasteiger partial charge on any atom is 0.417 e. The normalized spacial score (nSPS) is 22.5. The third-order valence-electron chi connectivity index (χ3n) is 3.17. The van der Waals surface area contributed by atoms with Crippen molar-refractivity contribution in [2.75, 3.05) is 5.43 Å². The lowest BCUT2D eigenvalue weighted by molar-refractivity contribution is -0.137. The van der Waals surface area contributed by atoms with Crippen molar-refractivity contribution in [3.63, 3.8) is 0 Å². The molecule has 1 aromatic rings. The molecular weight excluding hydrogens is 255 g/mol. The number of alkyl halides is 3. The fourth-order valence-electron chi connectivity index (χ4n) is 2.13. The quantitative estimate of drug-likeness (QED) is 0.823. The van der Waals surface area contributed by atoms with Crippen molar-refractivity contribution < 1.29 is 13.2 Å². The van der Waals surface area contributed by atoms with E-state index >= 15 is 0 Å². The molecule has 1 aliphatic rings. The van der Waals surface area contributed by atoms with Crippen molar-refractivity contribution in [1.82, 2.24) is 4.98 Å². The number of hydrazone groups is 1. The van der Waals surface area contributed by atoms with Crippen LogP contribution in [0.4, 0.5) is 19.0 Å². The van der Waals surface area contributed by atoms with Gasteiger partial charge >= 0.3 is 6.18 Å². The molecule has 0 aliphatic heterocycles. The molecular formula is C13H16F3N3. The summed E-state index contributed by atoms with van der Waals surface area (Å²) in [6.07, 6.45) is 0.660. The predicted molar refractivity (Wildman–Crippen MR) is 67.9 cm³/mol. The van der Waals surface area contributed by atoms with Gasteiger partial charge in [-0.1, -0.05) is 6.92 Å². The second-order valence-electron chi connectivity index (χ2n) is 4.92. The van der Waals surface area contributed by atoms with E-state index in [0.717, 1.165) is 37.2 Å². The number of halogens is 3. The Kier molecular flexibility index (Phi) is 4.07. The van der Waals surface area contributed by atoms with Crippen LogP contribution in [0.15, 0.2) is 23.4 Å². The second-order valence-corrected chi connectivity index (χ2v) is 4.92. The average molecular weight is 271 g/mol. The Morgan fingerprint density at radius 2 is 2.16 bits per heavy atom. The van der Waals surface area contributed by atoms with Crippen molar-refractivity contribution in [3.8, 4) is 0 Å². The minimum absolute atomic E-state index is 0.332. The van der Waals surface area contributed by atoms with Crippen LogP contribution in [0.5, 0.6) is 0 Å². The summed E-state index contributed by atoms with van der Waals surface area (Å²) in [5.74, 6) is 0.952. The van der Waals surface area contributed by atoms with E-state index in [9.17, 15) is 13.2 Å². The van der Waals surface area contributed by atoms with Crippen LogP contribution in [-0.2, 0) is 6.18 Å². The molecule has 0 aromatic carbocycles. The van der Waals surface area contributed by atoms with E-state index in [1.165, 1.54) is 12.5 Å². The molecule has 6 heteroatoms. The summed E-state index contributed by atoms with van der Waals surface area (Å²) in [6.45, 7) is 2.17. The molecule has 0 bridgehead atoms. The molecule has 0 unspecified atom stereocenters. The third-order valence-corrected chi connectivity index (χ3v) is 3.17. The van der Waals surface area contributed by atoms with E-state index < -0.39 is 11.7 Å². The van der Waals surface area contributed by atoms with Crippen molar-refractivity contribution in [1.29, 1.82) is 0 Å². The molecule has 0 radical (unpaired) electrons. The number of nitrogens with zero attached hydrogens (tertiary/aromatic N) is 2. The predicted octanol–water partition coefficient (Wildman–Crippen LogP) is 4.08. The van der Waals surface area contributed by atoms with Gasteiger partial charge in [-0.05, 0) is 43.7 Å². The van der Waals surface area contributed by atoms with Gasteiger partial charge in [-0.2, -0.15) is 18.3 Å². The van der Waals surface area contributed by atoms with E-state index in [1.54, 1.807) is 0 Å². The van der Waals surface area contributed by atoms with Gasteiger partial charge in [0, 0.05) is 11.9 Å². The summed E-state index contributed by atoms with van der Waals surface area (Å²) in [6, 6.07) is 2.29. The van der Waals surface area contributed by atoms with Gasteiger partial charge in [0.15, 0.2) is 0 Å². The van der Waals surface area contributed by atoms with E-state index in [1.807, 2.05) is 0 Å². The zero-order valence-electron chi connectivity index (χ0n) is 10.7. The van der Waals surface area contributed by atoms with E-state index in [2.05, 4.69) is 22.4 Å². The van der Waals surface area contributed by atoms with E-state index in [0.29, 0.717) is 11.7 Å². The van der Waals surface area contributed by atoms with Gasteiger partial charge in [0.2, 0.25) is 0 Å². The standard InChI is InChI=1S/C13H16F3N3/c1-9-3-2-4-11(7-9)18-19-12-6-5-10(8-17-12)13(14,15)16/h5-6,8-9H,2-4,7H2,1H3,(H,17,19)/b18-11-/t9-/m0/s1. The van der Waals surface area contributed by atoms with Crippen molar-refractivity contribution >= 4 is 11.5 Å². The molecule has 19 heavy (non-hydrogen) atoms. The van der Waals surface area contributed by atoms with Crippen LogP contribution in [0.2, 0.25) is 0 Å². The summed E-state index contributed by atoms with van der Waals surface area (Å²) < 4.78 is 37.1. The highest BCUT2D eigenvalue weighted by Gasteiger charge is 2.30. The first-order valence-electron chi connectivity index (χ1n) is 6.30. The zero-order valence-corrected chi connectivity index (χ0v) is 10.7. The molecule has 104 valence electrons. The lowest BCUT2D eigenvalue weighted by Crippen LogP contribution is -2.14. The number of pyridine rings is 1. The Hall–Kier alpha value is -1.59. The molecule has 2 rings (SSSR count). The van der Waals surface area contributed by atoms with Gasteiger partial charge in [0.1, 0.15) is 5.82 Å².